The predicted molar refractivity (Wildman–Crippen MR) is 81.1 cm³/mol. The van der Waals surface area contributed by atoms with Crippen LogP contribution in [-0.2, 0) is 9.53 Å². The smallest absolute Gasteiger partial charge is 0.161 e. The molecule has 7 nitrogen and oxygen atoms in total. The van der Waals surface area contributed by atoms with Crippen molar-refractivity contribution < 1.29 is 34.7 Å². The van der Waals surface area contributed by atoms with Crippen LogP contribution in [0.2, 0.25) is 0 Å². The summed E-state index contributed by atoms with van der Waals surface area (Å²) >= 11 is 0. The number of hydrogen-bond donors (Lipinski definition) is 4. The van der Waals surface area contributed by atoms with E-state index in [0.717, 1.165) is 0 Å². The normalized spacial score (nSPS) is 28.0. The third-order valence-electron chi connectivity index (χ3n) is 3.67. The molecule has 4 N–H and O–H groups in total. The Morgan fingerprint density at radius 2 is 2.09 bits per heavy atom. The average Bonchev–Trinajstić information content (AvgIpc) is 2.54. The van der Waals surface area contributed by atoms with E-state index in [-0.39, 0.29) is 24.6 Å². The Morgan fingerprint density at radius 1 is 1.35 bits per heavy atom. The molecular formula is C16H20O7. The lowest BCUT2D eigenvalue weighted by Crippen LogP contribution is -2.53. The van der Waals surface area contributed by atoms with Crippen LogP contribution in [0.25, 0.3) is 6.08 Å². The van der Waals surface area contributed by atoms with E-state index in [1.54, 1.807) is 18.2 Å². The number of rotatable bonds is 5. The first-order valence-corrected chi connectivity index (χ1v) is 7.16. The van der Waals surface area contributed by atoms with Gasteiger partial charge in [0, 0.05) is 6.42 Å². The highest BCUT2D eigenvalue weighted by Gasteiger charge is 2.37. The minimum absolute atomic E-state index is 0.00208. The second kappa shape index (κ2) is 7.56. The molecular weight excluding hydrogens is 304 g/mol. The Balaban J connectivity index is 1.96. The Kier molecular flexibility index (Phi) is 5.73. The van der Waals surface area contributed by atoms with Crippen molar-refractivity contribution in [3.05, 3.63) is 29.8 Å². The lowest BCUT2D eigenvalue weighted by atomic mass is 9.96. The maximum atomic E-state index is 11.9. The van der Waals surface area contributed by atoms with Gasteiger partial charge < -0.3 is 29.9 Å². The Hall–Kier alpha value is -1.93. The molecule has 1 aliphatic rings. The zero-order chi connectivity index (χ0) is 17.0. The molecule has 4 atom stereocenters. The molecule has 1 aromatic rings. The van der Waals surface area contributed by atoms with Crippen molar-refractivity contribution in [2.45, 2.75) is 30.8 Å². The number of hydrogen-bond acceptors (Lipinski definition) is 7. The van der Waals surface area contributed by atoms with Gasteiger partial charge in [0.15, 0.2) is 17.3 Å². The second-order valence-corrected chi connectivity index (χ2v) is 5.36. The molecule has 126 valence electrons. The van der Waals surface area contributed by atoms with Crippen LogP contribution in [0.15, 0.2) is 24.3 Å². The summed E-state index contributed by atoms with van der Waals surface area (Å²) in [6.07, 6.45) is -1.91. The quantitative estimate of drug-likeness (QED) is 0.557. The molecule has 0 radical (unpaired) electrons. The summed E-state index contributed by atoms with van der Waals surface area (Å²) in [6, 6.07) is 4.65. The number of carbonyl (C=O) groups is 1. The fraction of sp³-hybridized carbons (Fsp3) is 0.438. The Morgan fingerprint density at radius 3 is 2.78 bits per heavy atom. The minimum atomic E-state index is -1.33. The summed E-state index contributed by atoms with van der Waals surface area (Å²) in [5.74, 6) is -0.00493. The zero-order valence-corrected chi connectivity index (χ0v) is 12.6. The highest BCUT2D eigenvalue weighted by molar-refractivity contribution is 5.94. The Labute approximate surface area is 133 Å². The van der Waals surface area contributed by atoms with Crippen molar-refractivity contribution >= 4 is 11.9 Å². The van der Waals surface area contributed by atoms with E-state index in [4.69, 9.17) is 9.47 Å². The molecule has 1 aliphatic heterocycles. The number of ketones is 1. The van der Waals surface area contributed by atoms with Gasteiger partial charge in [-0.05, 0) is 23.8 Å². The van der Waals surface area contributed by atoms with Gasteiger partial charge >= 0.3 is 0 Å². The number of phenols is 1. The van der Waals surface area contributed by atoms with Crippen molar-refractivity contribution in [2.75, 3.05) is 13.7 Å². The van der Waals surface area contributed by atoms with Crippen LogP contribution < -0.4 is 4.74 Å². The molecule has 0 bridgehead atoms. The lowest BCUT2D eigenvalue weighted by Gasteiger charge is -2.34. The number of aliphatic hydroxyl groups excluding tert-OH is 3. The van der Waals surface area contributed by atoms with Crippen molar-refractivity contribution in [3.8, 4) is 11.5 Å². The summed E-state index contributed by atoms with van der Waals surface area (Å²) in [5.41, 5.74) is 0.661. The van der Waals surface area contributed by atoms with E-state index in [9.17, 15) is 25.2 Å². The van der Waals surface area contributed by atoms with E-state index < -0.39 is 24.4 Å². The standard InChI is InChI=1S/C16H20O7/c1-22-13-6-9(3-5-11(13)18)2-4-10(17)7-14-16(21)15(20)12(19)8-23-14/h2-6,12,14-16,18-21H,7-8H2,1H3/b4-2+/t12-,14+,15+,16+/m1/s1. The van der Waals surface area contributed by atoms with Crippen LogP contribution in [0.5, 0.6) is 11.5 Å². The van der Waals surface area contributed by atoms with Crippen LogP contribution in [0.4, 0.5) is 0 Å². The van der Waals surface area contributed by atoms with Gasteiger partial charge in [-0.1, -0.05) is 12.1 Å². The molecule has 7 heteroatoms. The number of aromatic hydroxyl groups is 1. The molecule has 0 amide bonds. The molecule has 0 spiro atoms. The first-order chi connectivity index (χ1) is 10.9. The van der Waals surface area contributed by atoms with Crippen LogP contribution in [-0.4, -0.2) is 64.3 Å². The lowest BCUT2D eigenvalue weighted by molar-refractivity contribution is -0.188. The summed E-state index contributed by atoms with van der Waals surface area (Å²) in [7, 11) is 1.43. The van der Waals surface area contributed by atoms with Crippen LogP contribution in [0, 0.1) is 0 Å². The van der Waals surface area contributed by atoms with Crippen molar-refractivity contribution in [2.24, 2.45) is 0 Å². The molecule has 0 aromatic heterocycles. The number of benzene rings is 1. The number of phenolic OH excluding ortho intramolecular Hbond substituents is 1. The highest BCUT2D eigenvalue weighted by Crippen LogP contribution is 2.26. The van der Waals surface area contributed by atoms with Crippen molar-refractivity contribution in [3.63, 3.8) is 0 Å². The summed E-state index contributed by atoms with van der Waals surface area (Å²) in [6.45, 7) is -0.130. The van der Waals surface area contributed by atoms with E-state index in [0.29, 0.717) is 11.3 Å². The SMILES string of the molecule is COc1cc(/C=C/C(=O)C[C@@H]2OC[C@@H](O)[C@H](O)[C@H]2O)ccc1O. The number of ether oxygens (including phenoxy) is 2. The van der Waals surface area contributed by atoms with Crippen LogP contribution in [0.1, 0.15) is 12.0 Å². The second-order valence-electron chi connectivity index (χ2n) is 5.36. The van der Waals surface area contributed by atoms with Gasteiger partial charge in [0.1, 0.15) is 18.3 Å². The van der Waals surface area contributed by atoms with E-state index in [2.05, 4.69) is 0 Å². The topological polar surface area (TPSA) is 116 Å². The molecule has 0 aliphatic carbocycles. The molecule has 2 rings (SSSR count). The van der Waals surface area contributed by atoms with Gasteiger partial charge in [-0.25, -0.2) is 0 Å². The van der Waals surface area contributed by atoms with E-state index in [1.165, 1.54) is 19.3 Å². The molecule has 1 saturated heterocycles. The van der Waals surface area contributed by atoms with E-state index >= 15 is 0 Å². The molecule has 23 heavy (non-hydrogen) atoms. The van der Waals surface area contributed by atoms with Crippen molar-refractivity contribution in [1.82, 2.24) is 0 Å². The number of carbonyl (C=O) groups excluding carboxylic acids is 1. The van der Waals surface area contributed by atoms with Gasteiger partial charge in [0.2, 0.25) is 0 Å². The van der Waals surface area contributed by atoms with Crippen LogP contribution >= 0.6 is 0 Å². The maximum Gasteiger partial charge on any atom is 0.161 e. The Bertz CT molecular complexity index is 584. The van der Waals surface area contributed by atoms with Gasteiger partial charge in [0.05, 0.1) is 19.8 Å². The fourth-order valence-corrected chi connectivity index (χ4v) is 2.30. The van der Waals surface area contributed by atoms with E-state index in [1.807, 2.05) is 0 Å². The van der Waals surface area contributed by atoms with Gasteiger partial charge in [-0.15, -0.1) is 0 Å². The maximum absolute atomic E-state index is 11.9. The molecule has 0 saturated carbocycles. The molecule has 0 unspecified atom stereocenters. The number of methoxy groups -OCH3 is 1. The molecule has 1 fully saturated rings. The number of allylic oxidation sites excluding steroid dienone is 1. The molecule has 1 heterocycles. The predicted octanol–water partition coefficient (Wildman–Crippen LogP) is -0.145. The highest BCUT2D eigenvalue weighted by atomic mass is 16.5. The summed E-state index contributed by atoms with van der Waals surface area (Å²) in [5, 5.41) is 38.2. The molecule has 1 aromatic carbocycles. The zero-order valence-electron chi connectivity index (χ0n) is 12.6. The minimum Gasteiger partial charge on any atom is -0.504 e. The first-order valence-electron chi connectivity index (χ1n) is 7.16. The van der Waals surface area contributed by atoms with Crippen molar-refractivity contribution in [1.29, 1.82) is 0 Å². The monoisotopic (exact) mass is 324 g/mol. The summed E-state index contributed by atoms with van der Waals surface area (Å²) < 4.78 is 10.2. The van der Waals surface area contributed by atoms with Gasteiger partial charge in [-0.3, -0.25) is 4.79 Å². The number of aliphatic hydroxyl groups is 3. The first kappa shape index (κ1) is 17.4. The van der Waals surface area contributed by atoms with Gasteiger partial charge in [0.25, 0.3) is 0 Å². The fourth-order valence-electron chi connectivity index (χ4n) is 2.30. The van der Waals surface area contributed by atoms with Gasteiger partial charge in [-0.2, -0.15) is 0 Å². The van der Waals surface area contributed by atoms with Crippen LogP contribution in [0.3, 0.4) is 0 Å². The average molecular weight is 324 g/mol. The third-order valence-corrected chi connectivity index (χ3v) is 3.67. The summed E-state index contributed by atoms with van der Waals surface area (Å²) in [4.78, 5) is 11.9. The third kappa shape index (κ3) is 4.29. The largest absolute Gasteiger partial charge is 0.504 e.